The fraction of sp³-hybridized carbons (Fsp3) is 0.263. The number of aliphatic imine (C=N–C) groups is 1. The number of nitrogens with zero attached hydrogens (tertiary/aromatic N) is 4. The van der Waals surface area contributed by atoms with E-state index in [4.69, 9.17) is 21.5 Å². The average molecular weight is 394 g/mol. The molecular formula is C19H19FN8O. The molecule has 1 aliphatic heterocycles. The molecule has 0 aliphatic carbocycles. The SMILES string of the molecule is CC(C)OCc1ccc(C2N=C(NC#N)Nc3nc(N)c(C#N)c(N)c32)cc1F. The summed E-state index contributed by atoms with van der Waals surface area (Å²) in [6.07, 6.45) is 1.73. The minimum absolute atomic E-state index is 0.0184. The lowest BCUT2D eigenvalue weighted by atomic mass is 9.94. The summed E-state index contributed by atoms with van der Waals surface area (Å²) in [7, 11) is 0. The summed E-state index contributed by atoms with van der Waals surface area (Å²) in [5.41, 5.74) is 13.3. The van der Waals surface area contributed by atoms with Gasteiger partial charge in [0, 0.05) is 11.1 Å². The van der Waals surface area contributed by atoms with Crippen LogP contribution in [0.5, 0.6) is 0 Å². The third kappa shape index (κ3) is 3.88. The number of nitriles is 2. The Balaban J connectivity index is 2.10. The molecule has 1 unspecified atom stereocenters. The Morgan fingerprint density at radius 2 is 2.10 bits per heavy atom. The maximum atomic E-state index is 14.7. The molecule has 0 fully saturated rings. The van der Waals surface area contributed by atoms with Crippen molar-refractivity contribution < 1.29 is 9.13 Å². The van der Waals surface area contributed by atoms with Crippen LogP contribution in [0, 0.1) is 28.6 Å². The van der Waals surface area contributed by atoms with Gasteiger partial charge in [-0.2, -0.15) is 10.5 Å². The number of nitrogens with one attached hydrogen (secondary N) is 2. The van der Waals surface area contributed by atoms with Gasteiger partial charge in [0.2, 0.25) is 5.96 Å². The van der Waals surface area contributed by atoms with Crippen LogP contribution in [0.4, 0.5) is 21.7 Å². The predicted molar refractivity (Wildman–Crippen MR) is 106 cm³/mol. The standard InChI is InChI=1S/C19H19FN8O/c1-9(2)29-7-11-4-3-10(5-13(11)20)16-14-15(23)12(6-21)17(24)27-18(14)28-19(26-16)25-8-22/h3-5,9,16H,7H2,1-2H3,(H6,23,24,25,26,27,28). The summed E-state index contributed by atoms with van der Waals surface area (Å²) in [6.45, 7) is 3.87. The summed E-state index contributed by atoms with van der Waals surface area (Å²) < 4.78 is 20.1. The largest absolute Gasteiger partial charge is 0.397 e. The number of ether oxygens (including phenoxy) is 1. The van der Waals surface area contributed by atoms with Gasteiger partial charge in [-0.05, 0) is 25.5 Å². The number of benzene rings is 1. The number of aromatic nitrogens is 1. The predicted octanol–water partition coefficient (Wildman–Crippen LogP) is 2.12. The minimum atomic E-state index is -0.795. The number of anilines is 3. The monoisotopic (exact) mass is 394 g/mol. The molecule has 0 saturated heterocycles. The smallest absolute Gasteiger partial charge is 0.211 e. The third-order valence-corrected chi connectivity index (χ3v) is 4.32. The highest BCUT2D eigenvalue weighted by Gasteiger charge is 2.30. The molecule has 0 bridgehead atoms. The van der Waals surface area contributed by atoms with Gasteiger partial charge in [-0.1, -0.05) is 12.1 Å². The lowest BCUT2D eigenvalue weighted by Crippen LogP contribution is -2.32. The van der Waals surface area contributed by atoms with Crippen LogP contribution in [0.25, 0.3) is 0 Å². The number of hydrogen-bond donors (Lipinski definition) is 4. The van der Waals surface area contributed by atoms with E-state index in [2.05, 4.69) is 20.6 Å². The van der Waals surface area contributed by atoms with E-state index in [1.165, 1.54) is 6.07 Å². The molecule has 1 aliphatic rings. The van der Waals surface area contributed by atoms with Gasteiger partial charge in [-0.15, -0.1) is 0 Å². The van der Waals surface area contributed by atoms with Crippen molar-refractivity contribution >= 4 is 23.3 Å². The number of guanidine groups is 1. The number of fused-ring (bicyclic) bond motifs is 1. The second-order valence-corrected chi connectivity index (χ2v) is 6.61. The first-order chi connectivity index (χ1) is 13.8. The molecular weight excluding hydrogens is 375 g/mol. The zero-order chi connectivity index (χ0) is 21.1. The number of pyridine rings is 1. The number of hydrogen-bond acceptors (Lipinski definition) is 9. The molecule has 10 heteroatoms. The van der Waals surface area contributed by atoms with Gasteiger partial charge in [0.15, 0.2) is 6.19 Å². The van der Waals surface area contributed by atoms with E-state index in [1.54, 1.807) is 18.3 Å². The maximum Gasteiger partial charge on any atom is 0.211 e. The van der Waals surface area contributed by atoms with Crippen molar-refractivity contribution in [3.63, 3.8) is 0 Å². The van der Waals surface area contributed by atoms with Crippen LogP contribution >= 0.6 is 0 Å². The maximum absolute atomic E-state index is 14.7. The Kier molecular flexibility index (Phi) is 5.48. The van der Waals surface area contributed by atoms with Crippen LogP contribution in [0.2, 0.25) is 0 Å². The van der Waals surface area contributed by atoms with E-state index >= 15 is 0 Å². The first-order valence-electron chi connectivity index (χ1n) is 8.74. The van der Waals surface area contributed by atoms with E-state index in [0.717, 1.165) is 0 Å². The van der Waals surface area contributed by atoms with Gasteiger partial charge in [0.05, 0.1) is 18.4 Å². The molecule has 148 valence electrons. The van der Waals surface area contributed by atoms with Crippen LogP contribution < -0.4 is 22.1 Å². The molecule has 0 amide bonds. The van der Waals surface area contributed by atoms with Crippen molar-refractivity contribution in [2.75, 3.05) is 16.8 Å². The molecule has 0 saturated carbocycles. The summed E-state index contributed by atoms with van der Waals surface area (Å²) in [5.74, 6) is -0.172. The fourth-order valence-corrected chi connectivity index (χ4v) is 2.93. The normalized spacial score (nSPS) is 15.0. The molecule has 6 N–H and O–H groups in total. The van der Waals surface area contributed by atoms with E-state index in [-0.39, 0.29) is 41.6 Å². The van der Waals surface area contributed by atoms with E-state index < -0.39 is 11.9 Å². The molecule has 2 aromatic rings. The van der Waals surface area contributed by atoms with Crippen LogP contribution in [-0.2, 0) is 11.3 Å². The van der Waals surface area contributed by atoms with Crippen molar-refractivity contribution in [3.05, 3.63) is 46.3 Å². The average Bonchev–Trinajstić information content (AvgIpc) is 2.66. The van der Waals surface area contributed by atoms with Gasteiger partial charge in [0.25, 0.3) is 0 Å². The van der Waals surface area contributed by atoms with Crippen molar-refractivity contribution in [2.24, 2.45) is 4.99 Å². The summed E-state index contributed by atoms with van der Waals surface area (Å²) in [5, 5.41) is 23.5. The summed E-state index contributed by atoms with van der Waals surface area (Å²) >= 11 is 0. The Bertz CT molecular complexity index is 1070. The highest BCUT2D eigenvalue weighted by molar-refractivity contribution is 5.98. The molecule has 9 nitrogen and oxygen atoms in total. The fourth-order valence-electron chi connectivity index (χ4n) is 2.93. The van der Waals surface area contributed by atoms with Crippen LogP contribution in [0.15, 0.2) is 23.2 Å². The van der Waals surface area contributed by atoms with Gasteiger partial charge >= 0.3 is 0 Å². The first-order valence-corrected chi connectivity index (χ1v) is 8.74. The van der Waals surface area contributed by atoms with Crippen molar-refractivity contribution in [3.8, 4) is 12.3 Å². The molecule has 1 aromatic carbocycles. The number of halogens is 1. The Morgan fingerprint density at radius 3 is 2.72 bits per heavy atom. The Labute approximate surface area is 166 Å². The number of nitrogens with two attached hydrogens (primary N) is 2. The van der Waals surface area contributed by atoms with Crippen LogP contribution in [0.3, 0.4) is 0 Å². The molecule has 1 atom stereocenters. The Morgan fingerprint density at radius 1 is 1.34 bits per heavy atom. The van der Waals surface area contributed by atoms with Crippen LogP contribution in [0.1, 0.15) is 42.1 Å². The quantitative estimate of drug-likeness (QED) is 0.453. The van der Waals surface area contributed by atoms with Gasteiger partial charge in [-0.25, -0.2) is 14.4 Å². The molecule has 0 radical (unpaired) electrons. The topological polar surface area (TPSA) is 158 Å². The Hall–Kier alpha value is -3.89. The summed E-state index contributed by atoms with van der Waals surface area (Å²) in [6, 6.07) is 5.75. The van der Waals surface area contributed by atoms with Crippen molar-refractivity contribution in [1.29, 1.82) is 10.5 Å². The minimum Gasteiger partial charge on any atom is -0.397 e. The lowest BCUT2D eigenvalue weighted by Gasteiger charge is -2.26. The molecule has 0 spiro atoms. The summed E-state index contributed by atoms with van der Waals surface area (Å²) in [4.78, 5) is 8.56. The zero-order valence-corrected chi connectivity index (χ0v) is 15.8. The number of rotatable bonds is 4. The van der Waals surface area contributed by atoms with E-state index in [9.17, 15) is 9.65 Å². The van der Waals surface area contributed by atoms with Crippen molar-refractivity contribution in [2.45, 2.75) is 32.6 Å². The second kappa shape index (κ2) is 8.00. The molecule has 29 heavy (non-hydrogen) atoms. The highest BCUT2D eigenvalue weighted by Crippen LogP contribution is 2.40. The lowest BCUT2D eigenvalue weighted by molar-refractivity contribution is 0.0639. The van der Waals surface area contributed by atoms with Gasteiger partial charge in [0.1, 0.15) is 35.1 Å². The van der Waals surface area contributed by atoms with E-state index in [1.807, 2.05) is 19.9 Å². The van der Waals surface area contributed by atoms with Gasteiger partial charge < -0.3 is 21.5 Å². The second-order valence-electron chi connectivity index (χ2n) is 6.61. The first kappa shape index (κ1) is 19.9. The van der Waals surface area contributed by atoms with E-state index in [0.29, 0.717) is 16.7 Å². The highest BCUT2D eigenvalue weighted by atomic mass is 19.1. The zero-order valence-electron chi connectivity index (χ0n) is 15.8. The molecule has 2 heterocycles. The van der Waals surface area contributed by atoms with Crippen LogP contribution in [-0.4, -0.2) is 17.0 Å². The molecule has 3 rings (SSSR count). The molecule has 1 aromatic heterocycles. The third-order valence-electron chi connectivity index (χ3n) is 4.32. The van der Waals surface area contributed by atoms with Gasteiger partial charge in [-0.3, -0.25) is 5.32 Å². The van der Waals surface area contributed by atoms with Crippen molar-refractivity contribution in [1.82, 2.24) is 10.3 Å². The number of nitrogen functional groups attached to an aromatic ring is 2.